The Morgan fingerprint density at radius 2 is 1.10 bits per heavy atom. The van der Waals surface area contributed by atoms with E-state index in [9.17, 15) is 31.2 Å². The Kier molecular flexibility index (Phi) is 17.0. The van der Waals surface area contributed by atoms with Crippen molar-refractivity contribution >= 4 is 60.5 Å². The van der Waals surface area contributed by atoms with Crippen molar-refractivity contribution in [1.29, 1.82) is 0 Å². The fraction of sp³-hybridized carbons (Fsp3) is 0.273. The Labute approximate surface area is 287 Å². The van der Waals surface area contributed by atoms with Crippen LogP contribution >= 0.6 is 0 Å². The minimum atomic E-state index is -5.74. The van der Waals surface area contributed by atoms with E-state index in [2.05, 4.69) is 60.5 Å². The van der Waals surface area contributed by atoms with Gasteiger partial charge in [0.1, 0.15) is 33.1 Å². The van der Waals surface area contributed by atoms with Crippen LogP contribution in [-0.2, 0) is 29.3 Å². The number of alkyl halides is 3. The zero-order valence-electron chi connectivity index (χ0n) is 28.2. The number of rotatable bonds is 2. The van der Waals surface area contributed by atoms with Gasteiger partial charge in [-0.1, -0.05) is 45.2 Å². The van der Waals surface area contributed by atoms with Gasteiger partial charge in [0.05, 0.1) is 0 Å². The van der Waals surface area contributed by atoms with Crippen LogP contribution < -0.4 is 15.4 Å². The Morgan fingerprint density at radius 3 is 1.48 bits per heavy atom. The summed E-state index contributed by atoms with van der Waals surface area (Å²) < 4.78 is 72.6. The number of carbonyl (C=O) groups excluding carboxylic acids is 4. The van der Waals surface area contributed by atoms with E-state index in [0.717, 1.165) is 34.7 Å². The molecule has 0 fully saturated rings. The number of aryl methyl sites for hydroxylation is 2. The SMILES string of the molecule is C#C[Si](C)(C)C.Cc1c(C#C[Si](C)(C)C)ccc2oc(=O)ccc12.Cc1c(OS(=O)(=O)C(F)(F)F)ccc2oc(=O)ccc12.O=C=O.O=C=O. The fourth-order valence-corrected chi connectivity index (χ4v) is 4.23. The van der Waals surface area contributed by atoms with Crippen LogP contribution in [0.3, 0.4) is 0 Å². The van der Waals surface area contributed by atoms with Crippen molar-refractivity contribution in [2.45, 2.75) is 58.6 Å². The van der Waals surface area contributed by atoms with Gasteiger partial charge in [0.2, 0.25) is 0 Å². The number of fused-ring (bicyclic) bond motifs is 2. The summed E-state index contributed by atoms with van der Waals surface area (Å²) >= 11 is 0. The van der Waals surface area contributed by atoms with Gasteiger partial charge in [-0.05, 0) is 55.8 Å². The molecule has 17 heteroatoms. The first kappa shape index (κ1) is 44.7. The molecule has 0 N–H and O–H groups in total. The van der Waals surface area contributed by atoms with E-state index in [4.69, 9.17) is 34.4 Å². The molecule has 2 aromatic carbocycles. The first-order chi connectivity index (χ1) is 22.9. The van der Waals surface area contributed by atoms with E-state index in [-0.39, 0.29) is 34.5 Å². The van der Waals surface area contributed by atoms with Crippen LogP contribution in [0, 0.1) is 37.3 Å². The molecule has 0 aliphatic rings. The lowest BCUT2D eigenvalue weighted by atomic mass is 10.0. The van der Waals surface area contributed by atoms with Crippen LogP contribution in [0.25, 0.3) is 21.9 Å². The largest absolute Gasteiger partial charge is 0.534 e. The van der Waals surface area contributed by atoms with Crippen LogP contribution in [0.1, 0.15) is 16.7 Å². The maximum Gasteiger partial charge on any atom is 0.534 e. The maximum absolute atomic E-state index is 12.2. The molecule has 0 aliphatic heterocycles. The van der Waals surface area contributed by atoms with Crippen LogP contribution in [0.2, 0.25) is 39.3 Å². The average molecular weight is 751 g/mol. The van der Waals surface area contributed by atoms with Gasteiger partial charge in [0, 0.05) is 34.0 Å². The first-order valence-corrected chi connectivity index (χ1v) is 22.4. The van der Waals surface area contributed by atoms with Crippen molar-refractivity contribution in [2.75, 3.05) is 0 Å². The smallest absolute Gasteiger partial charge is 0.423 e. The first-order valence-electron chi connectivity index (χ1n) is 13.9. The highest BCUT2D eigenvalue weighted by Gasteiger charge is 2.48. The molecule has 0 aliphatic carbocycles. The van der Waals surface area contributed by atoms with E-state index in [0.29, 0.717) is 5.58 Å². The lowest BCUT2D eigenvalue weighted by Gasteiger charge is -2.12. The molecule has 4 aromatic rings. The topological polar surface area (TPSA) is 172 Å². The third-order valence-electron chi connectivity index (χ3n) is 5.58. The molecule has 0 amide bonds. The minimum Gasteiger partial charge on any atom is -0.423 e. The van der Waals surface area contributed by atoms with Gasteiger partial charge in [-0.15, -0.1) is 17.5 Å². The predicted octanol–water partition coefficient (Wildman–Crippen LogP) is 5.99. The van der Waals surface area contributed by atoms with Gasteiger partial charge in [0.25, 0.3) is 0 Å². The highest BCUT2D eigenvalue weighted by atomic mass is 32.2. The fourth-order valence-electron chi connectivity index (χ4n) is 3.21. The molecule has 0 saturated heterocycles. The molecule has 2 aromatic heterocycles. The van der Waals surface area contributed by atoms with E-state index < -0.39 is 43.1 Å². The second-order valence-corrected chi connectivity index (χ2v) is 22.9. The van der Waals surface area contributed by atoms with Crippen LogP contribution in [-0.4, -0.2) is 42.4 Å². The Bertz CT molecular complexity index is 2180. The highest BCUT2D eigenvalue weighted by molar-refractivity contribution is 7.88. The lowest BCUT2D eigenvalue weighted by Crippen LogP contribution is -2.28. The monoisotopic (exact) mass is 750 g/mol. The maximum atomic E-state index is 12.2. The van der Waals surface area contributed by atoms with Crippen LogP contribution in [0.5, 0.6) is 5.75 Å². The molecule has 0 radical (unpaired) electrons. The summed E-state index contributed by atoms with van der Waals surface area (Å²) in [5.74, 6) is 2.77. The van der Waals surface area contributed by atoms with Crippen molar-refractivity contribution in [3.8, 4) is 29.2 Å². The number of terminal acetylenes is 1. The molecule has 2 heterocycles. The van der Waals surface area contributed by atoms with Crippen molar-refractivity contribution in [1.82, 2.24) is 0 Å². The summed E-state index contributed by atoms with van der Waals surface area (Å²) in [6.45, 7) is 16.5. The number of hydrogen-bond acceptors (Lipinski definition) is 11. The van der Waals surface area contributed by atoms with Gasteiger partial charge in [-0.2, -0.15) is 40.8 Å². The summed E-state index contributed by atoms with van der Waals surface area (Å²) in [5, 5.41) is 1.23. The average Bonchev–Trinajstić information content (AvgIpc) is 2.98. The summed E-state index contributed by atoms with van der Waals surface area (Å²) in [5.41, 5.74) is 2.57. The summed E-state index contributed by atoms with van der Waals surface area (Å²) in [6.07, 6.45) is 5.62. The second kappa shape index (κ2) is 19.0. The molecule has 0 unspecified atom stereocenters. The zero-order chi connectivity index (χ0) is 39.1. The molecule has 0 atom stereocenters. The summed E-state index contributed by atoms with van der Waals surface area (Å²) in [7, 11) is -8.22. The Hall–Kier alpha value is -5.29. The van der Waals surface area contributed by atoms with Gasteiger partial charge in [0.15, 0.2) is 0 Å². The number of halogens is 3. The van der Waals surface area contributed by atoms with E-state index in [1.165, 1.54) is 19.1 Å². The zero-order valence-corrected chi connectivity index (χ0v) is 31.0. The standard InChI is InChI=1S/C15H16O2Si.C11H7F3O5S.C5H10Si.2CO2/c1-11-12(9-10-18(2,3)4)5-7-14-13(11)6-8-15(16)17-14;1-6-7-2-5-10(15)18-9(7)4-3-8(6)19-20(16,17)11(12,13)14;1-5-6(2,3)4;2*2-1-3/h5-8H,1-4H3;2-5H,1H3;1H,2-4H3;;. The summed E-state index contributed by atoms with van der Waals surface area (Å²) in [4.78, 5) is 54.6. The molecule has 0 saturated carbocycles. The minimum absolute atomic E-state index is 0.110. The van der Waals surface area contributed by atoms with Gasteiger partial charge in [-0.25, -0.2) is 9.59 Å². The highest BCUT2D eigenvalue weighted by Crippen LogP contribution is 2.32. The molecule has 266 valence electrons. The van der Waals surface area contributed by atoms with E-state index in [1.54, 1.807) is 6.07 Å². The van der Waals surface area contributed by atoms with Crippen LogP contribution in [0.4, 0.5) is 13.2 Å². The van der Waals surface area contributed by atoms with Crippen molar-refractivity contribution in [3.05, 3.63) is 86.1 Å². The Morgan fingerprint density at radius 1 is 0.700 bits per heavy atom. The van der Waals surface area contributed by atoms with Crippen molar-refractivity contribution < 1.29 is 53.8 Å². The third-order valence-corrected chi connectivity index (χ3v) is 8.29. The number of benzene rings is 2. The van der Waals surface area contributed by atoms with Gasteiger partial charge in [-0.3, -0.25) is 0 Å². The lowest BCUT2D eigenvalue weighted by molar-refractivity contribution is -0.193. The molecule has 11 nitrogen and oxygen atoms in total. The molecule has 4 rings (SSSR count). The third kappa shape index (κ3) is 15.3. The van der Waals surface area contributed by atoms with Gasteiger partial charge < -0.3 is 13.0 Å². The molecule has 0 bridgehead atoms. The van der Waals surface area contributed by atoms with Crippen LogP contribution in [0.15, 0.2) is 67.0 Å². The molecular formula is C33H33F3O11SSi2. The Balaban J connectivity index is 0.000000731. The molecule has 50 heavy (non-hydrogen) atoms. The molecule has 0 spiro atoms. The second-order valence-electron chi connectivity index (χ2n) is 11.8. The number of hydrogen-bond donors (Lipinski definition) is 0. The van der Waals surface area contributed by atoms with Crippen molar-refractivity contribution in [3.63, 3.8) is 0 Å². The normalized spacial score (nSPS) is 10.6. The van der Waals surface area contributed by atoms with E-state index in [1.807, 2.05) is 19.1 Å². The van der Waals surface area contributed by atoms with Gasteiger partial charge >= 0.3 is 39.2 Å². The molecular weight excluding hydrogens is 718 g/mol. The predicted molar refractivity (Wildman–Crippen MR) is 182 cm³/mol. The quantitative estimate of drug-likeness (QED) is 0.0775. The summed E-state index contributed by atoms with van der Waals surface area (Å²) in [6, 6.07) is 11.5. The van der Waals surface area contributed by atoms with E-state index >= 15 is 0 Å². The van der Waals surface area contributed by atoms with Crippen molar-refractivity contribution in [2.24, 2.45) is 0 Å².